The van der Waals surface area contributed by atoms with Crippen molar-refractivity contribution in [3.63, 3.8) is 0 Å². The maximum Gasteiger partial charge on any atom is 0.305 e. The zero-order valence-corrected chi connectivity index (χ0v) is 14.4. The first kappa shape index (κ1) is 18.1. The highest BCUT2D eigenvalue weighted by Gasteiger charge is 2.35. The molecule has 3 rings (SSSR count). The monoisotopic (exact) mass is 368 g/mol. The Kier molecular flexibility index (Phi) is 4.89. The molecule has 1 aliphatic heterocycles. The second-order valence-corrected chi connectivity index (χ2v) is 5.82. The number of rotatable bonds is 6. The predicted octanol–water partition coefficient (Wildman–Crippen LogP) is 2.02. The molecule has 0 bridgehead atoms. The lowest BCUT2D eigenvalue weighted by molar-refractivity contribution is -0.137. The summed E-state index contributed by atoms with van der Waals surface area (Å²) in [6, 6.07) is 11.0. The molecule has 2 aromatic rings. The van der Waals surface area contributed by atoms with E-state index in [2.05, 4.69) is 5.32 Å². The van der Waals surface area contributed by atoms with E-state index in [0.717, 1.165) is 4.90 Å². The molecule has 0 unspecified atom stereocenters. The molecule has 138 valence electrons. The number of nitrogens with zero attached hydrogens (tertiary/aromatic N) is 1. The smallest absolute Gasteiger partial charge is 0.305 e. The molecule has 0 aliphatic carbocycles. The molecule has 1 heterocycles. The van der Waals surface area contributed by atoms with Gasteiger partial charge in [-0.2, -0.15) is 0 Å². The highest BCUT2D eigenvalue weighted by atomic mass is 16.5. The lowest BCUT2D eigenvalue weighted by Gasteiger charge is -2.11. The lowest BCUT2D eigenvalue weighted by atomic mass is 10.1. The highest BCUT2D eigenvalue weighted by Crippen LogP contribution is 2.27. The maximum absolute atomic E-state index is 12.5. The van der Waals surface area contributed by atoms with Gasteiger partial charge in [-0.25, -0.2) is 0 Å². The summed E-state index contributed by atoms with van der Waals surface area (Å²) in [4.78, 5) is 48.7. The predicted molar refractivity (Wildman–Crippen MR) is 95.0 cm³/mol. The van der Waals surface area contributed by atoms with E-state index in [1.807, 2.05) is 0 Å². The number of aliphatic carboxylic acids is 1. The van der Waals surface area contributed by atoms with E-state index in [-0.39, 0.29) is 24.1 Å². The fourth-order valence-corrected chi connectivity index (χ4v) is 2.81. The Morgan fingerprint density at radius 2 is 1.78 bits per heavy atom. The summed E-state index contributed by atoms with van der Waals surface area (Å²) in [5.41, 5.74) is 0.973. The molecule has 3 amide bonds. The molecule has 0 saturated carbocycles. The summed E-state index contributed by atoms with van der Waals surface area (Å²) < 4.78 is 5.16. The first-order valence-corrected chi connectivity index (χ1v) is 8.08. The number of hydrogen-bond donors (Lipinski definition) is 2. The number of carbonyl (C=O) groups is 4. The van der Waals surface area contributed by atoms with Crippen molar-refractivity contribution in [3.8, 4) is 5.75 Å². The molecule has 0 aromatic heterocycles. The fourth-order valence-electron chi connectivity index (χ4n) is 2.81. The lowest BCUT2D eigenvalue weighted by Crippen LogP contribution is -2.31. The Balaban J connectivity index is 1.82. The van der Waals surface area contributed by atoms with Crippen molar-refractivity contribution in [3.05, 3.63) is 59.2 Å². The van der Waals surface area contributed by atoms with Gasteiger partial charge in [-0.1, -0.05) is 12.1 Å². The fraction of sp³-hybridized carbons (Fsp3) is 0.158. The summed E-state index contributed by atoms with van der Waals surface area (Å²) in [5.74, 6) is -2.24. The van der Waals surface area contributed by atoms with Crippen molar-refractivity contribution in [2.75, 3.05) is 19.0 Å². The molecule has 0 radical (unpaired) electrons. The van der Waals surface area contributed by atoms with Gasteiger partial charge in [0.15, 0.2) is 0 Å². The number of para-hydroxylation sites is 1. The summed E-state index contributed by atoms with van der Waals surface area (Å²) in [7, 11) is 1.46. The number of benzene rings is 2. The molecule has 0 atom stereocenters. The molecule has 2 N–H and O–H groups in total. The van der Waals surface area contributed by atoms with Crippen LogP contribution in [0.3, 0.4) is 0 Å². The normalized spacial score (nSPS) is 12.7. The number of nitrogens with one attached hydrogen (secondary N) is 1. The first-order chi connectivity index (χ1) is 12.9. The highest BCUT2D eigenvalue weighted by molar-refractivity contribution is 6.22. The molecular formula is C19H16N2O6. The number of amides is 3. The van der Waals surface area contributed by atoms with E-state index in [0.29, 0.717) is 17.0 Å². The van der Waals surface area contributed by atoms with Crippen LogP contribution < -0.4 is 10.1 Å². The van der Waals surface area contributed by atoms with Gasteiger partial charge in [0.05, 0.1) is 30.2 Å². The Morgan fingerprint density at radius 3 is 2.48 bits per heavy atom. The molecule has 27 heavy (non-hydrogen) atoms. The van der Waals surface area contributed by atoms with Crippen molar-refractivity contribution < 1.29 is 29.0 Å². The average molecular weight is 368 g/mol. The SMILES string of the molecule is COc1ccccc1C(=O)Nc1ccc2c(c1)C(=O)N(CCC(=O)O)C2=O. The van der Waals surface area contributed by atoms with Gasteiger partial charge in [0.1, 0.15) is 5.75 Å². The van der Waals surface area contributed by atoms with Gasteiger partial charge in [0, 0.05) is 12.2 Å². The van der Waals surface area contributed by atoms with Crippen molar-refractivity contribution >= 4 is 29.4 Å². The summed E-state index contributed by atoms with van der Waals surface area (Å²) >= 11 is 0. The molecule has 2 aromatic carbocycles. The zero-order chi connectivity index (χ0) is 19.6. The van der Waals surface area contributed by atoms with E-state index in [1.54, 1.807) is 24.3 Å². The van der Waals surface area contributed by atoms with Crippen LogP contribution in [0.4, 0.5) is 5.69 Å². The standard InChI is InChI=1S/C19H16N2O6/c1-27-15-5-3-2-4-13(15)17(24)20-11-6-7-12-14(10-11)19(26)21(18(12)25)9-8-16(22)23/h2-7,10H,8-9H2,1H3,(H,20,24)(H,22,23). The molecule has 0 spiro atoms. The van der Waals surface area contributed by atoms with Crippen molar-refractivity contribution in [1.29, 1.82) is 0 Å². The summed E-state index contributed by atoms with van der Waals surface area (Å²) in [6.07, 6.45) is -0.330. The number of hydrogen-bond acceptors (Lipinski definition) is 5. The molecule has 0 fully saturated rings. The molecule has 1 aliphatic rings. The van der Waals surface area contributed by atoms with Gasteiger partial charge in [0.25, 0.3) is 17.7 Å². The van der Waals surface area contributed by atoms with Crippen molar-refractivity contribution in [2.24, 2.45) is 0 Å². The number of carboxylic acids is 1. The molecule has 0 saturated heterocycles. The van der Waals surface area contributed by atoms with E-state index in [4.69, 9.17) is 9.84 Å². The van der Waals surface area contributed by atoms with Crippen LogP contribution in [-0.2, 0) is 4.79 Å². The number of carboxylic acid groups (broad SMARTS) is 1. The Morgan fingerprint density at radius 1 is 1.07 bits per heavy atom. The third-order valence-corrected chi connectivity index (χ3v) is 4.13. The second kappa shape index (κ2) is 7.28. The first-order valence-electron chi connectivity index (χ1n) is 8.08. The summed E-state index contributed by atoms with van der Waals surface area (Å²) in [6.45, 7) is -0.204. The van der Waals surface area contributed by atoms with E-state index >= 15 is 0 Å². The Hall–Kier alpha value is -3.68. The van der Waals surface area contributed by atoms with Gasteiger partial charge in [0.2, 0.25) is 0 Å². The van der Waals surface area contributed by atoms with Crippen LogP contribution in [0.2, 0.25) is 0 Å². The van der Waals surface area contributed by atoms with E-state index in [9.17, 15) is 19.2 Å². The number of fused-ring (bicyclic) bond motifs is 1. The van der Waals surface area contributed by atoms with E-state index < -0.39 is 23.7 Å². The molecular weight excluding hydrogens is 352 g/mol. The molecule has 8 heteroatoms. The van der Waals surface area contributed by atoms with Crippen LogP contribution in [0.5, 0.6) is 5.75 Å². The van der Waals surface area contributed by atoms with Crippen molar-refractivity contribution in [2.45, 2.75) is 6.42 Å². The van der Waals surface area contributed by atoms with Crippen molar-refractivity contribution in [1.82, 2.24) is 4.90 Å². The van der Waals surface area contributed by atoms with Crippen LogP contribution >= 0.6 is 0 Å². The van der Waals surface area contributed by atoms with Crippen LogP contribution in [0, 0.1) is 0 Å². The largest absolute Gasteiger partial charge is 0.496 e. The minimum Gasteiger partial charge on any atom is -0.496 e. The van der Waals surface area contributed by atoms with Gasteiger partial charge >= 0.3 is 5.97 Å². The van der Waals surface area contributed by atoms with Crippen LogP contribution in [-0.4, -0.2) is 47.4 Å². The minimum absolute atomic E-state index is 0.128. The molecule has 8 nitrogen and oxygen atoms in total. The number of methoxy groups -OCH3 is 1. The minimum atomic E-state index is -1.10. The number of carbonyl (C=O) groups excluding carboxylic acids is 3. The maximum atomic E-state index is 12.5. The third kappa shape index (κ3) is 3.50. The zero-order valence-electron chi connectivity index (χ0n) is 14.4. The quantitative estimate of drug-likeness (QED) is 0.754. The number of ether oxygens (including phenoxy) is 1. The topological polar surface area (TPSA) is 113 Å². The number of imide groups is 1. The Bertz CT molecular complexity index is 953. The van der Waals surface area contributed by atoms with Gasteiger partial charge in [-0.15, -0.1) is 0 Å². The van der Waals surface area contributed by atoms with E-state index in [1.165, 1.54) is 25.3 Å². The van der Waals surface area contributed by atoms with Crippen LogP contribution in [0.25, 0.3) is 0 Å². The number of anilines is 1. The Labute approximate surface area is 154 Å². The van der Waals surface area contributed by atoms with Gasteiger partial charge < -0.3 is 15.2 Å². The summed E-state index contributed by atoms with van der Waals surface area (Å²) in [5, 5.41) is 11.4. The van der Waals surface area contributed by atoms with Crippen LogP contribution in [0.1, 0.15) is 37.5 Å². The average Bonchev–Trinajstić information content (AvgIpc) is 2.90. The van der Waals surface area contributed by atoms with Crippen LogP contribution in [0.15, 0.2) is 42.5 Å². The third-order valence-electron chi connectivity index (χ3n) is 4.13. The second-order valence-electron chi connectivity index (χ2n) is 5.82. The van der Waals surface area contributed by atoms with Gasteiger partial charge in [-0.05, 0) is 30.3 Å². The van der Waals surface area contributed by atoms with Gasteiger partial charge in [-0.3, -0.25) is 24.1 Å².